The summed E-state index contributed by atoms with van der Waals surface area (Å²) in [4.78, 5) is 14.3. The number of fused-ring (bicyclic) bond motifs is 1. The molecule has 112 valence electrons. The van der Waals surface area contributed by atoms with E-state index >= 15 is 0 Å². The predicted molar refractivity (Wildman–Crippen MR) is 78.5 cm³/mol. The minimum absolute atomic E-state index is 0.0683. The van der Waals surface area contributed by atoms with E-state index in [1.807, 2.05) is 23.1 Å². The molecule has 1 aliphatic rings. The van der Waals surface area contributed by atoms with Crippen molar-refractivity contribution in [2.24, 2.45) is 0 Å². The van der Waals surface area contributed by atoms with Gasteiger partial charge in [-0.1, -0.05) is 0 Å². The minimum atomic E-state index is 0.0683. The molecule has 0 saturated heterocycles. The van der Waals surface area contributed by atoms with Crippen LogP contribution >= 0.6 is 0 Å². The highest BCUT2D eigenvalue weighted by atomic mass is 16.5. The van der Waals surface area contributed by atoms with Gasteiger partial charge in [-0.3, -0.25) is 9.69 Å². The van der Waals surface area contributed by atoms with E-state index in [1.54, 1.807) is 7.11 Å². The van der Waals surface area contributed by atoms with Crippen molar-refractivity contribution in [3.05, 3.63) is 29.3 Å². The van der Waals surface area contributed by atoms with Gasteiger partial charge >= 0.3 is 0 Å². The number of carbonyl (C=O) groups is 1. The largest absolute Gasteiger partial charge is 0.493 e. The number of methoxy groups -OCH3 is 1. The Morgan fingerprint density at radius 3 is 3.10 bits per heavy atom. The van der Waals surface area contributed by atoms with Crippen LogP contribution in [0.1, 0.15) is 22.3 Å². The van der Waals surface area contributed by atoms with Crippen LogP contribution in [-0.2, 0) is 11.2 Å². The van der Waals surface area contributed by atoms with Gasteiger partial charge in [-0.05, 0) is 23.8 Å². The molecule has 0 radical (unpaired) electrons. The van der Waals surface area contributed by atoms with Gasteiger partial charge in [0.2, 0.25) is 0 Å². The van der Waals surface area contributed by atoms with Gasteiger partial charge in [0.25, 0.3) is 0 Å². The van der Waals surface area contributed by atoms with Crippen LogP contribution in [0.25, 0.3) is 0 Å². The summed E-state index contributed by atoms with van der Waals surface area (Å²) in [6, 6.07) is 7.71. The number of hydrogen-bond donors (Lipinski definition) is 0. The first-order chi connectivity index (χ1) is 10.2. The van der Waals surface area contributed by atoms with Crippen molar-refractivity contribution in [1.82, 2.24) is 4.90 Å². The van der Waals surface area contributed by atoms with Crippen LogP contribution in [0.3, 0.4) is 0 Å². The number of benzene rings is 1. The van der Waals surface area contributed by atoms with Gasteiger partial charge in [-0.15, -0.1) is 0 Å². The van der Waals surface area contributed by atoms with E-state index < -0.39 is 0 Å². The first-order valence-electron chi connectivity index (χ1n) is 7.11. The van der Waals surface area contributed by atoms with Crippen LogP contribution in [0, 0.1) is 11.3 Å². The zero-order chi connectivity index (χ0) is 15.1. The molecule has 1 heterocycles. The Hall–Kier alpha value is -1.90. The fourth-order valence-corrected chi connectivity index (χ4v) is 2.35. The molecule has 0 fully saturated rings. The highest BCUT2D eigenvalue weighted by Gasteiger charge is 2.17. The van der Waals surface area contributed by atoms with E-state index in [0.717, 1.165) is 17.7 Å². The van der Waals surface area contributed by atoms with Gasteiger partial charge in [0, 0.05) is 38.6 Å². The third kappa shape index (κ3) is 4.28. The molecule has 0 aliphatic carbocycles. The zero-order valence-electron chi connectivity index (χ0n) is 12.3. The van der Waals surface area contributed by atoms with Gasteiger partial charge in [-0.25, -0.2) is 0 Å². The van der Waals surface area contributed by atoms with Crippen molar-refractivity contribution in [1.29, 1.82) is 5.26 Å². The molecule has 1 aromatic rings. The fraction of sp³-hybridized carbons (Fsp3) is 0.500. The number of ketones is 1. The van der Waals surface area contributed by atoms with Crippen molar-refractivity contribution in [2.75, 3.05) is 40.0 Å². The van der Waals surface area contributed by atoms with Crippen molar-refractivity contribution in [2.45, 2.75) is 12.8 Å². The van der Waals surface area contributed by atoms with E-state index in [1.165, 1.54) is 0 Å². The molecule has 1 aromatic carbocycles. The summed E-state index contributed by atoms with van der Waals surface area (Å²) >= 11 is 0. The summed E-state index contributed by atoms with van der Waals surface area (Å²) < 4.78 is 10.5. The lowest BCUT2D eigenvalue weighted by Crippen LogP contribution is -2.33. The fourth-order valence-electron chi connectivity index (χ4n) is 2.35. The Labute approximate surface area is 125 Å². The van der Waals surface area contributed by atoms with Crippen molar-refractivity contribution in [3.8, 4) is 11.8 Å². The molecule has 2 rings (SSSR count). The number of nitrogens with zero attached hydrogens (tertiary/aromatic N) is 2. The molecular weight excluding hydrogens is 268 g/mol. The molecular formula is C16H20N2O3. The lowest BCUT2D eigenvalue weighted by molar-refractivity contribution is 0.0898. The summed E-state index contributed by atoms with van der Waals surface area (Å²) in [6.07, 6.45) is 1.27. The van der Waals surface area contributed by atoms with Crippen LogP contribution in [-0.4, -0.2) is 50.6 Å². The Kier molecular flexibility index (Phi) is 5.73. The first-order valence-corrected chi connectivity index (χ1v) is 7.11. The number of hydrogen-bond acceptors (Lipinski definition) is 5. The number of Topliss-reactive ketones (excluding diaryl/α,β-unsaturated/α-hetero) is 1. The highest BCUT2D eigenvalue weighted by molar-refractivity contribution is 5.98. The number of rotatable bonds is 8. The third-order valence-corrected chi connectivity index (χ3v) is 3.53. The summed E-state index contributed by atoms with van der Waals surface area (Å²) in [7, 11) is 1.63. The normalized spacial score (nSPS) is 12.8. The molecule has 0 atom stereocenters. The van der Waals surface area contributed by atoms with Crippen LogP contribution in [0.15, 0.2) is 18.2 Å². The second-order valence-electron chi connectivity index (χ2n) is 5.02. The van der Waals surface area contributed by atoms with E-state index in [4.69, 9.17) is 14.7 Å². The molecule has 0 spiro atoms. The average molecular weight is 288 g/mol. The first kappa shape index (κ1) is 15.5. The lowest BCUT2D eigenvalue weighted by Gasteiger charge is -2.19. The summed E-state index contributed by atoms with van der Waals surface area (Å²) in [6.45, 7) is 2.79. The van der Waals surface area contributed by atoms with Gasteiger partial charge < -0.3 is 9.47 Å². The molecule has 5 heteroatoms. The lowest BCUT2D eigenvalue weighted by atomic mass is 10.1. The molecule has 0 unspecified atom stereocenters. The van der Waals surface area contributed by atoms with Gasteiger partial charge in [0.05, 0.1) is 25.8 Å². The molecule has 1 aliphatic heterocycles. The van der Waals surface area contributed by atoms with Crippen molar-refractivity contribution >= 4 is 5.78 Å². The van der Waals surface area contributed by atoms with E-state index in [9.17, 15) is 4.79 Å². The van der Waals surface area contributed by atoms with E-state index in [0.29, 0.717) is 44.8 Å². The maximum Gasteiger partial charge on any atom is 0.176 e. The monoisotopic (exact) mass is 288 g/mol. The van der Waals surface area contributed by atoms with Crippen LogP contribution in [0.4, 0.5) is 0 Å². The maximum atomic E-state index is 12.4. The van der Waals surface area contributed by atoms with Gasteiger partial charge in [0.1, 0.15) is 5.75 Å². The summed E-state index contributed by atoms with van der Waals surface area (Å²) in [5.74, 6) is 0.950. The summed E-state index contributed by atoms with van der Waals surface area (Å²) in [5.41, 5.74) is 1.81. The standard InChI is InChI=1S/C16H20N2O3/c1-20-10-8-18(7-2-6-17)12-15(19)13-3-4-16-14(11-13)5-9-21-16/h3-4,11H,2,5,7-10,12H2,1H3. The molecule has 0 aromatic heterocycles. The van der Waals surface area contributed by atoms with Crippen molar-refractivity contribution in [3.63, 3.8) is 0 Å². The number of nitriles is 1. The highest BCUT2D eigenvalue weighted by Crippen LogP contribution is 2.26. The molecule has 5 nitrogen and oxygen atoms in total. The Balaban J connectivity index is 1.98. The SMILES string of the molecule is COCCN(CCC#N)CC(=O)c1ccc2c(c1)CCO2. The quantitative estimate of drug-likeness (QED) is 0.681. The number of ether oxygens (including phenoxy) is 2. The van der Waals surface area contributed by atoms with Crippen LogP contribution < -0.4 is 4.74 Å². The molecule has 0 saturated carbocycles. The van der Waals surface area contributed by atoms with Crippen molar-refractivity contribution < 1.29 is 14.3 Å². The Bertz CT molecular complexity index is 537. The Morgan fingerprint density at radius 2 is 2.33 bits per heavy atom. The third-order valence-electron chi connectivity index (χ3n) is 3.53. The van der Waals surface area contributed by atoms with Crippen LogP contribution in [0.2, 0.25) is 0 Å². The van der Waals surface area contributed by atoms with E-state index in [-0.39, 0.29) is 5.78 Å². The zero-order valence-corrected chi connectivity index (χ0v) is 12.3. The second-order valence-corrected chi connectivity index (χ2v) is 5.02. The van der Waals surface area contributed by atoms with Gasteiger partial charge in [0.15, 0.2) is 5.78 Å². The smallest absolute Gasteiger partial charge is 0.176 e. The Morgan fingerprint density at radius 1 is 1.48 bits per heavy atom. The maximum absolute atomic E-state index is 12.4. The molecule has 0 amide bonds. The van der Waals surface area contributed by atoms with Crippen LogP contribution in [0.5, 0.6) is 5.75 Å². The topological polar surface area (TPSA) is 62.6 Å². The number of carbonyl (C=O) groups excluding carboxylic acids is 1. The summed E-state index contributed by atoms with van der Waals surface area (Å²) in [5, 5.41) is 8.69. The molecule has 21 heavy (non-hydrogen) atoms. The van der Waals surface area contributed by atoms with E-state index in [2.05, 4.69) is 6.07 Å². The molecule has 0 N–H and O–H groups in total. The second kappa shape index (κ2) is 7.77. The average Bonchev–Trinajstić information content (AvgIpc) is 2.97. The predicted octanol–water partition coefficient (Wildman–Crippen LogP) is 1.67. The molecule has 0 bridgehead atoms. The van der Waals surface area contributed by atoms with Gasteiger partial charge in [-0.2, -0.15) is 5.26 Å². The minimum Gasteiger partial charge on any atom is -0.493 e.